The Morgan fingerprint density at radius 2 is 1.83 bits per heavy atom. The summed E-state index contributed by atoms with van der Waals surface area (Å²) in [6, 6.07) is 0. The molecule has 0 aliphatic carbocycles. The standard InChI is InChI=1S/CH4.HO4P/c;1-4-5(2)3/h1H4;(H-,1,2,3)/p+1. The van der Waals surface area contributed by atoms with Gasteiger partial charge >= 0.3 is 8.25 Å². The highest BCUT2D eigenvalue weighted by atomic mass is 31.1. The van der Waals surface area contributed by atoms with E-state index in [0.29, 0.717) is 0 Å². The molecule has 0 saturated carbocycles. The van der Waals surface area contributed by atoms with Crippen molar-refractivity contribution < 1.29 is 19.4 Å². The highest BCUT2D eigenvalue weighted by Crippen LogP contribution is 2.09. The summed E-state index contributed by atoms with van der Waals surface area (Å²) >= 11 is 0. The third kappa shape index (κ3) is 9.02. The van der Waals surface area contributed by atoms with E-state index < -0.39 is 8.25 Å². The normalized spacial score (nSPS) is 9.33. The van der Waals surface area contributed by atoms with Crippen LogP contribution in [0.1, 0.15) is 7.43 Å². The Morgan fingerprint density at radius 3 is 1.83 bits per heavy atom. The molecule has 6 heavy (non-hydrogen) atoms. The first-order valence-electron chi connectivity index (χ1n) is 0.748. The first kappa shape index (κ1) is 9.36. The second kappa shape index (κ2) is 4.98. The molecule has 38 valence electrons. The molecule has 0 radical (unpaired) electrons. The van der Waals surface area contributed by atoms with Gasteiger partial charge in [0.15, 0.2) is 0 Å². The fourth-order valence-corrected chi connectivity index (χ4v) is 0. The van der Waals surface area contributed by atoms with E-state index in [0.717, 1.165) is 0 Å². The van der Waals surface area contributed by atoms with Gasteiger partial charge in [-0.3, -0.25) is 0 Å². The maximum atomic E-state index is 9.04. The van der Waals surface area contributed by atoms with Gasteiger partial charge in [-0.05, 0) is 0 Å². The maximum Gasteiger partial charge on any atom is 0.725 e. The third-order valence-electron chi connectivity index (χ3n) is 0.0698. The Labute approximate surface area is 36.3 Å². The minimum Gasteiger partial charge on any atom is -0.202 e. The van der Waals surface area contributed by atoms with Crippen LogP contribution >= 0.6 is 8.25 Å². The fourth-order valence-electron chi connectivity index (χ4n) is 0. The molecule has 0 spiro atoms. The second-order valence-electron chi connectivity index (χ2n) is 0.319. The van der Waals surface area contributed by atoms with E-state index in [4.69, 9.17) is 14.7 Å². The van der Waals surface area contributed by atoms with Crippen LogP contribution in [0.4, 0.5) is 0 Å². The van der Waals surface area contributed by atoms with Crippen LogP contribution in [-0.4, -0.2) is 10.2 Å². The zero-order valence-corrected chi connectivity index (χ0v) is 3.05. The summed E-state index contributed by atoms with van der Waals surface area (Å²) in [7, 11) is -2.79. The van der Waals surface area contributed by atoms with Crippen LogP contribution in [0, 0.1) is 0 Å². The summed E-state index contributed by atoms with van der Waals surface area (Å²) in [6.07, 6.45) is 0. The van der Waals surface area contributed by atoms with E-state index >= 15 is 0 Å². The Kier molecular flexibility index (Phi) is 7.77. The van der Waals surface area contributed by atoms with Crippen LogP contribution in [0.25, 0.3) is 0 Å². The zero-order valence-electron chi connectivity index (χ0n) is 2.16. The summed E-state index contributed by atoms with van der Waals surface area (Å²) < 4.78 is 11.9. The summed E-state index contributed by atoms with van der Waals surface area (Å²) in [5.74, 6) is 0. The van der Waals surface area contributed by atoms with Gasteiger partial charge in [-0.2, -0.15) is 0 Å². The predicted octanol–water partition coefficient (Wildman–Crippen LogP) is 0.762. The molecule has 2 N–H and O–H groups in total. The van der Waals surface area contributed by atoms with Gasteiger partial charge in [0.1, 0.15) is 0 Å². The molecule has 5 heteroatoms. The molecule has 4 nitrogen and oxygen atoms in total. The molecule has 0 aromatic rings. The van der Waals surface area contributed by atoms with Gasteiger partial charge in [-0.15, -0.1) is 4.89 Å². The third-order valence-corrected chi connectivity index (χ3v) is 0.210. The molecular weight excluding hydrogens is 107 g/mol. The lowest BCUT2D eigenvalue weighted by Gasteiger charge is -1.53. The Bertz CT molecular complexity index is 42.8. The Hall–Kier alpha value is -0.0200. The molecule has 0 heterocycles. The Balaban J connectivity index is 0. The van der Waals surface area contributed by atoms with Gasteiger partial charge in [0.25, 0.3) is 0 Å². The largest absolute Gasteiger partial charge is 0.725 e. The average molecular weight is 113 g/mol. The first-order valence-corrected chi connectivity index (χ1v) is 1.88. The summed E-state index contributed by atoms with van der Waals surface area (Å²) in [6.45, 7) is 0. The summed E-state index contributed by atoms with van der Waals surface area (Å²) in [4.78, 5) is 7.40. The lowest BCUT2D eigenvalue weighted by atomic mass is 12.0. The van der Waals surface area contributed by atoms with Crippen molar-refractivity contribution in [3.05, 3.63) is 0 Å². The lowest BCUT2D eigenvalue weighted by Crippen LogP contribution is -1.59. The van der Waals surface area contributed by atoms with Gasteiger partial charge in [-0.25, -0.2) is 5.26 Å². The van der Waals surface area contributed by atoms with Crippen LogP contribution in [0.5, 0.6) is 0 Å². The van der Waals surface area contributed by atoms with Gasteiger partial charge in [-0.1, -0.05) is 7.43 Å². The topological polar surface area (TPSA) is 66.8 Å². The SMILES string of the molecule is C.O=[P+](O)OO. The van der Waals surface area contributed by atoms with Gasteiger partial charge < -0.3 is 0 Å². The minimum absolute atomic E-state index is 0. The van der Waals surface area contributed by atoms with Crippen LogP contribution in [0.15, 0.2) is 0 Å². The molecule has 0 saturated heterocycles. The summed E-state index contributed by atoms with van der Waals surface area (Å²) in [5.41, 5.74) is 0. The van der Waals surface area contributed by atoms with Gasteiger partial charge in [0.2, 0.25) is 0 Å². The van der Waals surface area contributed by atoms with Crippen molar-refractivity contribution in [1.82, 2.24) is 0 Å². The highest BCUT2D eigenvalue weighted by molar-refractivity contribution is 7.31. The van der Waals surface area contributed by atoms with Crippen molar-refractivity contribution in [3.63, 3.8) is 0 Å². The van der Waals surface area contributed by atoms with E-state index in [2.05, 4.69) is 4.67 Å². The van der Waals surface area contributed by atoms with Crippen molar-refractivity contribution >= 4 is 8.25 Å². The van der Waals surface area contributed by atoms with Gasteiger partial charge in [0, 0.05) is 4.57 Å². The Morgan fingerprint density at radius 1 is 1.67 bits per heavy atom. The van der Waals surface area contributed by atoms with Crippen molar-refractivity contribution in [2.24, 2.45) is 0 Å². The average Bonchev–Trinajstić information content (AvgIpc) is 1.38. The second-order valence-corrected chi connectivity index (χ2v) is 0.958. The number of rotatable bonds is 1. The monoisotopic (exact) mass is 113 g/mol. The molecule has 0 fully saturated rings. The quantitative estimate of drug-likeness (QED) is 0.299. The van der Waals surface area contributed by atoms with Crippen LogP contribution in [0.2, 0.25) is 0 Å². The van der Waals surface area contributed by atoms with E-state index in [1.165, 1.54) is 0 Å². The van der Waals surface area contributed by atoms with Crippen molar-refractivity contribution in [2.75, 3.05) is 0 Å². The molecule has 0 aromatic heterocycles. The number of hydrogen-bond acceptors (Lipinski definition) is 3. The molecule has 0 rings (SSSR count). The lowest BCUT2D eigenvalue weighted by molar-refractivity contribution is -0.138. The molecule has 0 amide bonds. The molecular formula is CH6O4P+. The maximum absolute atomic E-state index is 9.04. The number of hydrogen-bond donors (Lipinski definition) is 2. The van der Waals surface area contributed by atoms with Gasteiger partial charge in [0.05, 0.1) is 4.67 Å². The zero-order chi connectivity index (χ0) is 4.28. The molecule has 0 aromatic carbocycles. The summed E-state index contributed by atoms with van der Waals surface area (Å²) in [5, 5.41) is 7.11. The molecule has 0 bridgehead atoms. The van der Waals surface area contributed by atoms with Crippen molar-refractivity contribution in [3.8, 4) is 0 Å². The molecule has 1 unspecified atom stereocenters. The van der Waals surface area contributed by atoms with Crippen LogP contribution in [0.3, 0.4) is 0 Å². The smallest absolute Gasteiger partial charge is 0.202 e. The van der Waals surface area contributed by atoms with E-state index in [9.17, 15) is 0 Å². The van der Waals surface area contributed by atoms with Crippen LogP contribution < -0.4 is 0 Å². The van der Waals surface area contributed by atoms with Crippen molar-refractivity contribution in [1.29, 1.82) is 0 Å². The molecule has 1 atom stereocenters. The van der Waals surface area contributed by atoms with E-state index in [1.54, 1.807) is 0 Å². The van der Waals surface area contributed by atoms with Crippen molar-refractivity contribution in [2.45, 2.75) is 7.43 Å². The van der Waals surface area contributed by atoms with Crippen LogP contribution in [-0.2, 0) is 9.24 Å². The highest BCUT2D eigenvalue weighted by Gasteiger charge is 2.06. The first-order chi connectivity index (χ1) is 2.27. The minimum atomic E-state index is -2.79. The predicted molar refractivity (Wildman–Crippen MR) is 20.3 cm³/mol. The molecule has 0 aliphatic heterocycles. The molecule has 0 aliphatic rings. The fraction of sp³-hybridized carbons (Fsp3) is 1.00. The van der Waals surface area contributed by atoms with E-state index in [-0.39, 0.29) is 7.43 Å². The van der Waals surface area contributed by atoms with E-state index in [1.807, 2.05) is 0 Å².